The molecule has 1 aromatic carbocycles. The van der Waals surface area contributed by atoms with Crippen molar-refractivity contribution in [3.8, 4) is 18.1 Å². The number of terminal acetylenes is 1. The van der Waals surface area contributed by atoms with Crippen molar-refractivity contribution in [1.29, 1.82) is 0 Å². The van der Waals surface area contributed by atoms with Crippen LogP contribution in [-0.2, 0) is 4.74 Å². The SMILES string of the molecule is C#CCCCCNC(=O)Nc1ccc(O[C@H]2OC(CCP(O)O)[C@@H](O)C(O)C2O)cc1C. The Balaban J connectivity index is 1.94. The monoisotopic (exact) mass is 470 g/mol. The Kier molecular flexibility index (Phi) is 10.6. The van der Waals surface area contributed by atoms with Crippen LogP contribution in [0, 0.1) is 19.3 Å². The number of carbonyl (C=O) groups excluding carboxylic acids is 1. The maximum atomic E-state index is 12.0. The van der Waals surface area contributed by atoms with Crippen molar-refractivity contribution in [2.45, 2.75) is 63.3 Å². The molecule has 5 atom stereocenters. The number of hydrogen-bond acceptors (Lipinski definition) is 8. The van der Waals surface area contributed by atoms with Gasteiger partial charge in [-0.15, -0.1) is 12.3 Å². The van der Waals surface area contributed by atoms with E-state index in [1.165, 1.54) is 0 Å². The number of aliphatic hydroxyl groups excluding tert-OH is 3. The smallest absolute Gasteiger partial charge is 0.319 e. The number of anilines is 1. The number of hydrogen-bond donors (Lipinski definition) is 7. The molecule has 7 N–H and O–H groups in total. The number of amides is 2. The highest BCUT2D eigenvalue weighted by Gasteiger charge is 2.44. The third-order valence-corrected chi connectivity index (χ3v) is 5.67. The second-order valence-electron chi connectivity index (χ2n) is 7.54. The number of aliphatic hydroxyl groups is 3. The molecule has 1 fully saturated rings. The van der Waals surface area contributed by atoms with Crippen LogP contribution in [0.15, 0.2) is 18.2 Å². The lowest BCUT2D eigenvalue weighted by Gasteiger charge is -2.40. The van der Waals surface area contributed by atoms with E-state index < -0.39 is 39.1 Å². The summed E-state index contributed by atoms with van der Waals surface area (Å²) in [4.78, 5) is 30.2. The van der Waals surface area contributed by atoms with Gasteiger partial charge < -0.3 is 45.2 Å². The van der Waals surface area contributed by atoms with E-state index >= 15 is 0 Å². The molecule has 2 rings (SSSR count). The minimum absolute atomic E-state index is 0.0158. The predicted molar refractivity (Wildman–Crippen MR) is 119 cm³/mol. The van der Waals surface area contributed by atoms with Gasteiger partial charge in [-0.3, -0.25) is 0 Å². The molecule has 178 valence electrons. The van der Waals surface area contributed by atoms with Crippen molar-refractivity contribution in [2.24, 2.45) is 0 Å². The predicted octanol–water partition coefficient (Wildman–Crippen LogP) is 0.793. The van der Waals surface area contributed by atoms with Crippen LogP contribution in [0.3, 0.4) is 0 Å². The first-order valence-electron chi connectivity index (χ1n) is 10.3. The zero-order valence-electron chi connectivity index (χ0n) is 17.8. The highest BCUT2D eigenvalue weighted by Crippen LogP contribution is 2.31. The van der Waals surface area contributed by atoms with Crippen LogP contribution in [-0.4, -0.2) is 74.6 Å². The van der Waals surface area contributed by atoms with Gasteiger partial charge in [0.05, 0.1) is 6.10 Å². The van der Waals surface area contributed by atoms with Gasteiger partial charge in [0.2, 0.25) is 6.29 Å². The maximum absolute atomic E-state index is 12.0. The van der Waals surface area contributed by atoms with Crippen molar-refractivity contribution in [1.82, 2.24) is 5.32 Å². The van der Waals surface area contributed by atoms with E-state index in [9.17, 15) is 20.1 Å². The Labute approximate surface area is 188 Å². The van der Waals surface area contributed by atoms with Crippen molar-refractivity contribution < 1.29 is 39.4 Å². The molecule has 0 radical (unpaired) electrons. The minimum Gasteiger partial charge on any atom is -0.462 e. The van der Waals surface area contributed by atoms with Crippen LogP contribution < -0.4 is 15.4 Å². The highest BCUT2D eigenvalue weighted by atomic mass is 31.2. The van der Waals surface area contributed by atoms with Crippen LogP contribution in [0.25, 0.3) is 0 Å². The molecule has 0 spiro atoms. The third kappa shape index (κ3) is 7.87. The van der Waals surface area contributed by atoms with Gasteiger partial charge in [0.25, 0.3) is 0 Å². The molecule has 10 nitrogen and oxygen atoms in total. The fourth-order valence-corrected chi connectivity index (χ4v) is 3.68. The van der Waals surface area contributed by atoms with Crippen LogP contribution >= 0.6 is 8.38 Å². The van der Waals surface area contributed by atoms with Crippen LogP contribution in [0.4, 0.5) is 10.5 Å². The first kappa shape index (κ1) is 26.3. The van der Waals surface area contributed by atoms with E-state index in [0.717, 1.165) is 12.8 Å². The first-order chi connectivity index (χ1) is 15.2. The Morgan fingerprint density at radius 2 is 1.97 bits per heavy atom. The van der Waals surface area contributed by atoms with Crippen molar-refractivity contribution >= 4 is 20.1 Å². The van der Waals surface area contributed by atoms with Crippen LogP contribution in [0.1, 0.15) is 31.2 Å². The molecule has 32 heavy (non-hydrogen) atoms. The number of aryl methyl sites for hydroxylation is 1. The molecule has 1 aliphatic rings. The molecule has 2 amide bonds. The summed E-state index contributed by atoms with van der Waals surface area (Å²) in [6.45, 7) is 2.27. The average molecular weight is 470 g/mol. The molecule has 11 heteroatoms. The van der Waals surface area contributed by atoms with Crippen LogP contribution in [0.2, 0.25) is 0 Å². The molecule has 1 saturated heterocycles. The Morgan fingerprint density at radius 1 is 1.22 bits per heavy atom. The lowest BCUT2D eigenvalue weighted by Crippen LogP contribution is -2.59. The molecular formula is C21H31N2O8P. The van der Waals surface area contributed by atoms with Gasteiger partial charge in [0.1, 0.15) is 24.1 Å². The number of rotatable bonds is 10. The van der Waals surface area contributed by atoms with Gasteiger partial charge in [-0.05, 0) is 49.9 Å². The maximum Gasteiger partial charge on any atom is 0.319 e. The van der Waals surface area contributed by atoms with Crippen molar-refractivity contribution in [2.75, 3.05) is 18.0 Å². The molecule has 0 bridgehead atoms. The summed E-state index contributed by atoms with van der Waals surface area (Å²) in [5, 5.41) is 35.9. The largest absolute Gasteiger partial charge is 0.462 e. The minimum atomic E-state index is -2.18. The summed E-state index contributed by atoms with van der Waals surface area (Å²) < 4.78 is 11.2. The van der Waals surface area contributed by atoms with Gasteiger partial charge in [-0.1, -0.05) is 0 Å². The summed E-state index contributed by atoms with van der Waals surface area (Å²) >= 11 is 0. The Bertz CT molecular complexity index is 788. The van der Waals surface area contributed by atoms with E-state index in [1.807, 2.05) is 0 Å². The summed E-state index contributed by atoms with van der Waals surface area (Å²) in [5.74, 6) is 2.87. The standard InChI is InChI=1S/C21H31N2O8P/c1-3-4-5-6-10-22-21(27)23-15-8-7-14(12-13(15)2)30-20-19(26)18(25)17(24)16(31-20)9-11-32(28)29/h1,7-8,12,16-20,24-26,28-29H,4-6,9-11H2,2H3,(H2,22,23,27)/t16?,17-,18?,19?,20+/m1/s1. The molecule has 3 unspecified atom stereocenters. The Hall–Kier alpha value is -1.96. The molecule has 1 heterocycles. The van der Waals surface area contributed by atoms with E-state index in [4.69, 9.17) is 25.7 Å². The number of nitrogens with one attached hydrogen (secondary N) is 2. The number of carbonyl (C=O) groups is 1. The van der Waals surface area contributed by atoms with E-state index in [1.54, 1.807) is 25.1 Å². The fourth-order valence-electron chi connectivity index (χ4n) is 3.20. The lowest BCUT2D eigenvalue weighted by atomic mass is 9.97. The van der Waals surface area contributed by atoms with Crippen LogP contribution in [0.5, 0.6) is 5.75 Å². The van der Waals surface area contributed by atoms with Crippen molar-refractivity contribution in [3.05, 3.63) is 23.8 Å². The van der Waals surface area contributed by atoms with Gasteiger partial charge in [-0.2, -0.15) is 0 Å². The number of benzene rings is 1. The normalized spacial score (nSPS) is 25.2. The summed E-state index contributed by atoms with van der Waals surface area (Å²) in [6, 6.07) is 4.48. The number of unbranched alkanes of at least 4 members (excludes halogenated alkanes) is 2. The summed E-state index contributed by atoms with van der Waals surface area (Å²) in [7, 11) is -2.18. The first-order valence-corrected chi connectivity index (χ1v) is 11.8. The van der Waals surface area contributed by atoms with E-state index in [-0.39, 0.29) is 18.6 Å². The molecule has 1 aliphatic heterocycles. The molecular weight excluding hydrogens is 439 g/mol. The molecule has 0 aromatic heterocycles. The second-order valence-corrected chi connectivity index (χ2v) is 8.73. The average Bonchev–Trinajstić information content (AvgIpc) is 2.75. The van der Waals surface area contributed by atoms with Gasteiger partial charge in [0, 0.05) is 24.8 Å². The van der Waals surface area contributed by atoms with Gasteiger partial charge in [0.15, 0.2) is 8.38 Å². The lowest BCUT2D eigenvalue weighted by molar-refractivity contribution is -0.272. The van der Waals surface area contributed by atoms with E-state index in [0.29, 0.717) is 30.0 Å². The molecule has 0 saturated carbocycles. The third-order valence-electron chi connectivity index (χ3n) is 5.01. The fraction of sp³-hybridized carbons (Fsp3) is 0.571. The van der Waals surface area contributed by atoms with Gasteiger partial charge >= 0.3 is 6.03 Å². The quantitative estimate of drug-likeness (QED) is 0.150. The topological polar surface area (TPSA) is 161 Å². The summed E-state index contributed by atoms with van der Waals surface area (Å²) in [6.07, 6.45) is 0.912. The number of urea groups is 1. The highest BCUT2D eigenvalue weighted by molar-refractivity contribution is 7.45. The van der Waals surface area contributed by atoms with Gasteiger partial charge in [-0.25, -0.2) is 4.79 Å². The van der Waals surface area contributed by atoms with E-state index in [2.05, 4.69) is 16.6 Å². The second kappa shape index (κ2) is 12.9. The zero-order valence-corrected chi connectivity index (χ0v) is 18.7. The number of ether oxygens (including phenoxy) is 2. The molecule has 0 aliphatic carbocycles. The summed E-state index contributed by atoms with van der Waals surface area (Å²) in [5.41, 5.74) is 1.26. The van der Waals surface area contributed by atoms with Crippen molar-refractivity contribution in [3.63, 3.8) is 0 Å². The zero-order chi connectivity index (χ0) is 23.7. The Morgan fingerprint density at radius 3 is 2.62 bits per heavy atom. The molecule has 1 aromatic rings.